The van der Waals surface area contributed by atoms with E-state index in [4.69, 9.17) is 9.52 Å². The number of amides is 1. The zero-order valence-electron chi connectivity index (χ0n) is 10.6. The van der Waals surface area contributed by atoms with E-state index in [1.807, 2.05) is 13.8 Å². The molecular formula is C12H16N2O4. The van der Waals surface area contributed by atoms with Crippen LogP contribution in [0.25, 0.3) is 0 Å². The van der Waals surface area contributed by atoms with Crippen molar-refractivity contribution in [2.24, 2.45) is 5.92 Å². The van der Waals surface area contributed by atoms with E-state index in [1.165, 1.54) is 18.1 Å². The number of hydrogen-bond acceptors (Lipinski definition) is 4. The minimum atomic E-state index is -1.17. The van der Waals surface area contributed by atoms with Gasteiger partial charge in [0.1, 0.15) is 12.0 Å². The first-order valence-electron chi connectivity index (χ1n) is 5.81. The molecule has 0 aliphatic carbocycles. The summed E-state index contributed by atoms with van der Waals surface area (Å²) < 4.78 is 5.03. The Morgan fingerprint density at radius 2 is 2.22 bits per heavy atom. The van der Waals surface area contributed by atoms with E-state index >= 15 is 0 Å². The number of hydrogen-bond donors (Lipinski definition) is 2. The molecule has 6 heteroatoms. The van der Waals surface area contributed by atoms with Crippen LogP contribution in [0, 0.1) is 5.92 Å². The first-order valence-corrected chi connectivity index (χ1v) is 5.81. The number of fused-ring (bicyclic) bond motifs is 1. The maximum atomic E-state index is 11.7. The molecule has 0 aromatic carbocycles. The van der Waals surface area contributed by atoms with Crippen molar-refractivity contribution in [3.63, 3.8) is 0 Å². The predicted octanol–water partition coefficient (Wildman–Crippen LogP) is 1.78. The van der Waals surface area contributed by atoms with Crippen LogP contribution >= 0.6 is 0 Å². The van der Waals surface area contributed by atoms with Gasteiger partial charge in [-0.2, -0.15) is 0 Å². The molecule has 1 aromatic rings. The van der Waals surface area contributed by atoms with E-state index in [-0.39, 0.29) is 17.7 Å². The van der Waals surface area contributed by atoms with Crippen LogP contribution in [-0.2, 0) is 4.79 Å². The fraction of sp³-hybridized carbons (Fsp3) is 0.500. The van der Waals surface area contributed by atoms with Gasteiger partial charge in [0.25, 0.3) is 0 Å². The molecule has 98 valence electrons. The van der Waals surface area contributed by atoms with Crippen molar-refractivity contribution >= 4 is 23.3 Å². The number of anilines is 2. The van der Waals surface area contributed by atoms with E-state index in [2.05, 4.69) is 5.32 Å². The van der Waals surface area contributed by atoms with Gasteiger partial charge in [-0.3, -0.25) is 4.79 Å². The molecule has 2 heterocycles. The highest BCUT2D eigenvalue weighted by Crippen LogP contribution is 2.37. The van der Waals surface area contributed by atoms with Crippen LogP contribution in [0.15, 0.2) is 10.7 Å². The average Bonchev–Trinajstić information content (AvgIpc) is 2.70. The fourth-order valence-corrected chi connectivity index (χ4v) is 2.07. The lowest BCUT2D eigenvalue weighted by atomic mass is 10.0. The lowest BCUT2D eigenvalue weighted by Crippen LogP contribution is -2.46. The molecule has 0 spiro atoms. The topological polar surface area (TPSA) is 82.8 Å². The molecule has 2 rings (SSSR count). The highest BCUT2D eigenvalue weighted by Gasteiger charge is 2.34. The van der Waals surface area contributed by atoms with Gasteiger partial charge in [0.15, 0.2) is 0 Å². The average molecular weight is 252 g/mol. The van der Waals surface area contributed by atoms with Crippen molar-refractivity contribution in [1.82, 2.24) is 0 Å². The standard InChI is InChI=1S/C12H16N2O4/c1-6(2)8-4-14(7(3)15)10-9(13-8)5-18-11(10)12(16)17/h5-6,8,13H,4H2,1-3H3,(H,16,17). The van der Waals surface area contributed by atoms with Crippen molar-refractivity contribution in [2.75, 3.05) is 16.8 Å². The highest BCUT2D eigenvalue weighted by molar-refractivity contribution is 6.04. The second kappa shape index (κ2) is 4.36. The molecule has 0 radical (unpaired) electrons. The van der Waals surface area contributed by atoms with Crippen molar-refractivity contribution in [2.45, 2.75) is 26.8 Å². The van der Waals surface area contributed by atoms with Gasteiger partial charge < -0.3 is 19.7 Å². The first-order chi connectivity index (χ1) is 8.41. The van der Waals surface area contributed by atoms with Gasteiger partial charge in [0.2, 0.25) is 11.7 Å². The lowest BCUT2D eigenvalue weighted by Gasteiger charge is -2.35. The smallest absolute Gasteiger partial charge is 0.374 e. The highest BCUT2D eigenvalue weighted by atomic mass is 16.4. The summed E-state index contributed by atoms with van der Waals surface area (Å²) >= 11 is 0. The van der Waals surface area contributed by atoms with Gasteiger partial charge in [-0.25, -0.2) is 4.79 Å². The van der Waals surface area contributed by atoms with E-state index in [0.29, 0.717) is 23.8 Å². The Morgan fingerprint density at radius 1 is 1.56 bits per heavy atom. The fourth-order valence-electron chi connectivity index (χ4n) is 2.07. The van der Waals surface area contributed by atoms with Gasteiger partial charge >= 0.3 is 5.97 Å². The van der Waals surface area contributed by atoms with E-state index in [9.17, 15) is 9.59 Å². The SMILES string of the molecule is CC(=O)N1CC(C(C)C)Nc2coc(C(=O)O)c21. The lowest BCUT2D eigenvalue weighted by molar-refractivity contribution is -0.116. The largest absolute Gasteiger partial charge is 0.475 e. The Bertz CT molecular complexity index is 492. The summed E-state index contributed by atoms with van der Waals surface area (Å²) in [5.74, 6) is -1.24. The Balaban J connectivity index is 2.47. The number of carbonyl (C=O) groups excluding carboxylic acids is 1. The number of rotatable bonds is 2. The van der Waals surface area contributed by atoms with Crippen molar-refractivity contribution in [1.29, 1.82) is 0 Å². The molecule has 0 fully saturated rings. The van der Waals surface area contributed by atoms with Gasteiger partial charge in [0.05, 0.1) is 5.69 Å². The number of aromatic carboxylic acids is 1. The second-order valence-corrected chi connectivity index (χ2v) is 4.76. The molecule has 0 saturated heterocycles. The van der Waals surface area contributed by atoms with Gasteiger partial charge in [-0.1, -0.05) is 13.8 Å². The third-order valence-electron chi connectivity index (χ3n) is 3.13. The molecule has 1 aromatic heterocycles. The maximum absolute atomic E-state index is 11.7. The monoisotopic (exact) mass is 252 g/mol. The Morgan fingerprint density at radius 3 is 2.72 bits per heavy atom. The third-order valence-corrected chi connectivity index (χ3v) is 3.13. The molecule has 1 aliphatic heterocycles. The molecule has 1 amide bonds. The van der Waals surface area contributed by atoms with Gasteiger partial charge in [-0.05, 0) is 5.92 Å². The number of nitrogens with zero attached hydrogens (tertiary/aromatic N) is 1. The number of nitrogens with one attached hydrogen (secondary N) is 1. The molecular weight excluding hydrogens is 236 g/mol. The summed E-state index contributed by atoms with van der Waals surface area (Å²) in [6.07, 6.45) is 1.35. The van der Waals surface area contributed by atoms with Gasteiger partial charge in [-0.15, -0.1) is 0 Å². The molecule has 18 heavy (non-hydrogen) atoms. The van der Waals surface area contributed by atoms with E-state index in [1.54, 1.807) is 0 Å². The van der Waals surface area contributed by atoms with Crippen LogP contribution in [0.4, 0.5) is 11.4 Å². The third kappa shape index (κ3) is 1.94. The van der Waals surface area contributed by atoms with Crippen LogP contribution in [0.1, 0.15) is 31.3 Å². The molecule has 1 atom stereocenters. The van der Waals surface area contributed by atoms with Crippen LogP contribution in [0.3, 0.4) is 0 Å². The van der Waals surface area contributed by atoms with Crippen molar-refractivity contribution < 1.29 is 19.1 Å². The predicted molar refractivity (Wildman–Crippen MR) is 65.9 cm³/mol. The minimum Gasteiger partial charge on any atom is -0.475 e. The summed E-state index contributed by atoms with van der Waals surface area (Å²) in [4.78, 5) is 24.2. The summed E-state index contributed by atoms with van der Waals surface area (Å²) in [6, 6.07) is 0.0839. The minimum absolute atomic E-state index is 0.0839. The summed E-state index contributed by atoms with van der Waals surface area (Å²) in [5, 5.41) is 12.3. The summed E-state index contributed by atoms with van der Waals surface area (Å²) in [7, 11) is 0. The van der Waals surface area contributed by atoms with E-state index in [0.717, 1.165) is 0 Å². The normalized spacial score (nSPS) is 18.4. The first kappa shape index (κ1) is 12.5. The number of carbonyl (C=O) groups is 2. The van der Waals surface area contributed by atoms with Gasteiger partial charge in [0, 0.05) is 19.5 Å². The number of carboxylic acids is 1. The summed E-state index contributed by atoms with van der Waals surface area (Å²) in [5.41, 5.74) is 0.888. The summed E-state index contributed by atoms with van der Waals surface area (Å²) in [6.45, 7) is 5.95. The van der Waals surface area contributed by atoms with Crippen LogP contribution < -0.4 is 10.2 Å². The number of furan rings is 1. The molecule has 0 saturated carbocycles. The van der Waals surface area contributed by atoms with Crippen LogP contribution in [-0.4, -0.2) is 29.6 Å². The zero-order valence-corrected chi connectivity index (χ0v) is 10.6. The van der Waals surface area contributed by atoms with Crippen molar-refractivity contribution in [3.8, 4) is 0 Å². The zero-order chi connectivity index (χ0) is 13.4. The van der Waals surface area contributed by atoms with Crippen molar-refractivity contribution in [3.05, 3.63) is 12.0 Å². The second-order valence-electron chi connectivity index (χ2n) is 4.76. The molecule has 1 unspecified atom stereocenters. The van der Waals surface area contributed by atoms with Crippen LogP contribution in [0.5, 0.6) is 0 Å². The Hall–Kier alpha value is -1.98. The maximum Gasteiger partial charge on any atom is 0.374 e. The molecule has 6 nitrogen and oxygen atoms in total. The quantitative estimate of drug-likeness (QED) is 0.838. The Labute approximate surface area is 105 Å². The molecule has 2 N–H and O–H groups in total. The Kier molecular flexibility index (Phi) is 3.02. The van der Waals surface area contributed by atoms with E-state index < -0.39 is 5.97 Å². The molecule has 0 bridgehead atoms. The van der Waals surface area contributed by atoms with Crippen LogP contribution in [0.2, 0.25) is 0 Å². The number of carboxylic acid groups (broad SMARTS) is 1. The molecule has 1 aliphatic rings.